The molecule has 2 aromatic rings. The molecule has 0 aromatic heterocycles. The van der Waals surface area contributed by atoms with E-state index >= 15 is 0 Å². The van der Waals surface area contributed by atoms with Gasteiger partial charge in [0.15, 0.2) is 0 Å². The molecule has 0 unspecified atom stereocenters. The van der Waals surface area contributed by atoms with Crippen LogP contribution in [-0.4, -0.2) is 17.6 Å². The molecule has 2 aromatic carbocycles. The summed E-state index contributed by atoms with van der Waals surface area (Å²) in [6.07, 6.45) is 0.848. The lowest BCUT2D eigenvalue weighted by atomic mass is 10.1. The van der Waals surface area contributed by atoms with E-state index in [1.807, 2.05) is 11.0 Å². The van der Waals surface area contributed by atoms with Gasteiger partial charge in [-0.3, -0.25) is 0 Å². The minimum atomic E-state index is -0.936. The molecule has 1 aliphatic heterocycles. The second kappa shape index (κ2) is 4.96. The molecule has 0 spiro atoms. The van der Waals surface area contributed by atoms with Crippen molar-refractivity contribution in [3.05, 3.63) is 65.0 Å². The summed E-state index contributed by atoms with van der Waals surface area (Å²) < 4.78 is 13.9. The highest BCUT2D eigenvalue weighted by Gasteiger charge is 2.22. The van der Waals surface area contributed by atoms with Crippen LogP contribution in [0.15, 0.2) is 42.5 Å². The fourth-order valence-electron chi connectivity index (χ4n) is 2.61. The second-order valence-corrected chi connectivity index (χ2v) is 4.92. The Bertz CT molecular complexity index is 652. The number of hydrogen-bond acceptors (Lipinski definition) is 2. The van der Waals surface area contributed by atoms with E-state index in [0.29, 0.717) is 12.2 Å². The van der Waals surface area contributed by atoms with E-state index in [1.54, 1.807) is 30.3 Å². The topological polar surface area (TPSA) is 40.5 Å². The van der Waals surface area contributed by atoms with Crippen molar-refractivity contribution in [1.82, 2.24) is 0 Å². The highest BCUT2D eigenvalue weighted by atomic mass is 19.1. The molecule has 102 valence electrons. The van der Waals surface area contributed by atoms with Gasteiger partial charge in [0.05, 0.1) is 11.3 Å². The third-order valence-corrected chi connectivity index (χ3v) is 3.61. The van der Waals surface area contributed by atoms with Crippen LogP contribution < -0.4 is 4.90 Å². The smallest absolute Gasteiger partial charge is 0.335 e. The number of rotatable bonds is 3. The van der Waals surface area contributed by atoms with Crippen molar-refractivity contribution in [2.24, 2.45) is 0 Å². The normalized spacial score (nSPS) is 13.3. The number of halogens is 1. The molecule has 0 aliphatic carbocycles. The van der Waals surface area contributed by atoms with Crippen LogP contribution in [0.25, 0.3) is 0 Å². The Balaban J connectivity index is 1.82. The summed E-state index contributed by atoms with van der Waals surface area (Å²) in [6.45, 7) is 1.38. The molecular weight excluding hydrogens is 257 g/mol. The number of anilines is 1. The summed E-state index contributed by atoms with van der Waals surface area (Å²) >= 11 is 0. The minimum Gasteiger partial charge on any atom is -0.478 e. The fourth-order valence-corrected chi connectivity index (χ4v) is 2.61. The standard InChI is InChI=1S/C16H14FNO2/c17-14-3-1-2-12-8-9-18(15(12)14)10-11-4-6-13(7-5-11)16(19)20/h1-7H,8-10H2,(H,19,20). The van der Waals surface area contributed by atoms with Crippen LogP contribution in [0, 0.1) is 5.82 Å². The molecule has 3 nitrogen and oxygen atoms in total. The number of benzene rings is 2. The van der Waals surface area contributed by atoms with Gasteiger partial charge in [0.2, 0.25) is 0 Å². The van der Waals surface area contributed by atoms with Crippen molar-refractivity contribution in [3.63, 3.8) is 0 Å². The Kier molecular flexibility index (Phi) is 3.14. The van der Waals surface area contributed by atoms with Crippen LogP contribution >= 0.6 is 0 Å². The van der Waals surface area contributed by atoms with Crippen molar-refractivity contribution in [1.29, 1.82) is 0 Å². The van der Waals surface area contributed by atoms with E-state index in [2.05, 4.69) is 0 Å². The molecule has 0 saturated carbocycles. The van der Waals surface area contributed by atoms with Crippen LogP contribution in [0.5, 0.6) is 0 Å². The lowest BCUT2D eigenvalue weighted by Gasteiger charge is -2.20. The first-order valence-electron chi connectivity index (χ1n) is 6.50. The summed E-state index contributed by atoms with van der Waals surface area (Å²) in [5.74, 6) is -1.13. The number of carbonyl (C=O) groups is 1. The predicted octanol–water partition coefficient (Wildman–Crippen LogP) is 3.09. The molecule has 0 radical (unpaired) electrons. The molecule has 0 saturated heterocycles. The number of aromatic carboxylic acids is 1. The Labute approximate surface area is 116 Å². The second-order valence-electron chi connectivity index (χ2n) is 4.92. The molecule has 3 rings (SSSR count). The van der Waals surface area contributed by atoms with Crippen LogP contribution in [-0.2, 0) is 13.0 Å². The molecule has 0 atom stereocenters. The van der Waals surface area contributed by atoms with E-state index in [0.717, 1.165) is 24.1 Å². The van der Waals surface area contributed by atoms with Gasteiger partial charge in [0, 0.05) is 13.1 Å². The summed E-state index contributed by atoms with van der Waals surface area (Å²) in [7, 11) is 0. The number of hydrogen-bond donors (Lipinski definition) is 1. The Morgan fingerprint density at radius 2 is 1.95 bits per heavy atom. The summed E-state index contributed by atoms with van der Waals surface area (Å²) in [5.41, 5.74) is 2.95. The first-order chi connectivity index (χ1) is 9.65. The lowest BCUT2D eigenvalue weighted by molar-refractivity contribution is 0.0697. The van der Waals surface area contributed by atoms with E-state index in [9.17, 15) is 9.18 Å². The highest BCUT2D eigenvalue weighted by molar-refractivity contribution is 5.87. The average Bonchev–Trinajstić information content (AvgIpc) is 2.84. The molecule has 1 N–H and O–H groups in total. The Morgan fingerprint density at radius 1 is 1.20 bits per heavy atom. The summed E-state index contributed by atoms with van der Waals surface area (Å²) in [4.78, 5) is 12.8. The van der Waals surface area contributed by atoms with Crippen LogP contribution in [0.4, 0.5) is 10.1 Å². The van der Waals surface area contributed by atoms with Gasteiger partial charge in [-0.15, -0.1) is 0 Å². The minimum absolute atomic E-state index is 0.192. The van der Waals surface area contributed by atoms with Gasteiger partial charge < -0.3 is 10.0 Å². The zero-order valence-corrected chi connectivity index (χ0v) is 10.8. The van der Waals surface area contributed by atoms with E-state index in [4.69, 9.17) is 5.11 Å². The molecule has 0 bridgehead atoms. The molecule has 0 amide bonds. The zero-order chi connectivity index (χ0) is 14.1. The number of para-hydroxylation sites is 1. The summed E-state index contributed by atoms with van der Waals surface area (Å²) in [6, 6.07) is 11.9. The van der Waals surface area contributed by atoms with E-state index < -0.39 is 5.97 Å². The summed E-state index contributed by atoms with van der Waals surface area (Å²) in [5, 5.41) is 8.87. The van der Waals surface area contributed by atoms with Gasteiger partial charge in [-0.2, -0.15) is 0 Å². The molecule has 20 heavy (non-hydrogen) atoms. The van der Waals surface area contributed by atoms with Crippen molar-refractivity contribution in [2.75, 3.05) is 11.4 Å². The van der Waals surface area contributed by atoms with Gasteiger partial charge in [-0.05, 0) is 35.7 Å². The zero-order valence-electron chi connectivity index (χ0n) is 10.8. The van der Waals surface area contributed by atoms with E-state index in [1.165, 1.54) is 6.07 Å². The third-order valence-electron chi connectivity index (χ3n) is 3.61. The third kappa shape index (κ3) is 2.25. The maximum atomic E-state index is 13.9. The molecule has 0 fully saturated rings. The highest BCUT2D eigenvalue weighted by Crippen LogP contribution is 2.31. The van der Waals surface area contributed by atoms with Gasteiger partial charge in [-0.1, -0.05) is 24.3 Å². The Hall–Kier alpha value is -2.36. The number of carboxylic acid groups (broad SMARTS) is 1. The largest absolute Gasteiger partial charge is 0.478 e. The van der Waals surface area contributed by atoms with Crippen molar-refractivity contribution >= 4 is 11.7 Å². The monoisotopic (exact) mass is 271 g/mol. The van der Waals surface area contributed by atoms with Crippen LogP contribution in [0.1, 0.15) is 21.5 Å². The first-order valence-corrected chi connectivity index (χ1v) is 6.50. The maximum Gasteiger partial charge on any atom is 0.335 e. The van der Waals surface area contributed by atoms with Gasteiger partial charge in [0.1, 0.15) is 5.82 Å². The number of fused-ring (bicyclic) bond motifs is 1. The van der Waals surface area contributed by atoms with Crippen molar-refractivity contribution in [3.8, 4) is 0 Å². The number of nitrogens with zero attached hydrogens (tertiary/aromatic N) is 1. The predicted molar refractivity (Wildman–Crippen MR) is 74.6 cm³/mol. The van der Waals surface area contributed by atoms with E-state index in [-0.39, 0.29) is 11.4 Å². The van der Waals surface area contributed by atoms with Crippen molar-refractivity contribution < 1.29 is 14.3 Å². The van der Waals surface area contributed by atoms with Crippen molar-refractivity contribution in [2.45, 2.75) is 13.0 Å². The number of carboxylic acids is 1. The molecule has 1 heterocycles. The van der Waals surface area contributed by atoms with Crippen LogP contribution in [0.2, 0.25) is 0 Å². The maximum absolute atomic E-state index is 13.9. The van der Waals surface area contributed by atoms with Gasteiger partial charge >= 0.3 is 5.97 Å². The van der Waals surface area contributed by atoms with Gasteiger partial charge in [-0.25, -0.2) is 9.18 Å². The molecule has 1 aliphatic rings. The SMILES string of the molecule is O=C(O)c1ccc(CN2CCc3cccc(F)c32)cc1. The molecule has 4 heteroatoms. The average molecular weight is 271 g/mol. The lowest BCUT2D eigenvalue weighted by Crippen LogP contribution is -2.20. The molecular formula is C16H14FNO2. The van der Waals surface area contributed by atoms with Gasteiger partial charge in [0.25, 0.3) is 0 Å². The first kappa shape index (κ1) is 12.7. The quantitative estimate of drug-likeness (QED) is 0.932. The Morgan fingerprint density at radius 3 is 2.65 bits per heavy atom. The van der Waals surface area contributed by atoms with Crippen LogP contribution in [0.3, 0.4) is 0 Å². The fraction of sp³-hybridized carbons (Fsp3) is 0.188.